The Balaban J connectivity index is 1.87. The molecule has 0 bridgehead atoms. The number of hydrogen-bond donors (Lipinski definition) is 0. The molecule has 0 unspecified atom stereocenters. The number of aromatic nitrogens is 6. The number of rotatable bonds is 4. The Bertz CT molecular complexity index is 1050. The summed E-state index contributed by atoms with van der Waals surface area (Å²) in [7, 11) is 1.82. The van der Waals surface area contributed by atoms with E-state index in [4.69, 9.17) is 4.42 Å². The maximum atomic E-state index is 12.8. The van der Waals surface area contributed by atoms with Crippen LogP contribution in [0, 0.1) is 0 Å². The second kappa shape index (κ2) is 6.16. The predicted molar refractivity (Wildman–Crippen MR) is 89.1 cm³/mol. The fourth-order valence-electron chi connectivity index (χ4n) is 2.55. The fraction of sp³-hybridized carbons (Fsp3) is 0.118. The minimum atomic E-state index is -0.228. The highest BCUT2D eigenvalue weighted by Crippen LogP contribution is 2.15. The maximum Gasteiger partial charge on any atom is 0.253 e. The van der Waals surface area contributed by atoms with Crippen molar-refractivity contribution >= 4 is 0 Å². The van der Waals surface area contributed by atoms with E-state index in [-0.39, 0.29) is 11.3 Å². The lowest BCUT2D eigenvalue weighted by molar-refractivity contribution is 0.566. The molecule has 4 aromatic rings. The van der Waals surface area contributed by atoms with Gasteiger partial charge in [-0.1, -0.05) is 30.3 Å². The summed E-state index contributed by atoms with van der Waals surface area (Å²) in [5.41, 5.74) is 2.20. The van der Waals surface area contributed by atoms with Crippen LogP contribution in [0.5, 0.6) is 0 Å². The van der Waals surface area contributed by atoms with Crippen LogP contribution in [0.2, 0.25) is 0 Å². The third kappa shape index (κ3) is 2.97. The van der Waals surface area contributed by atoms with Crippen LogP contribution in [-0.2, 0) is 13.5 Å². The van der Waals surface area contributed by atoms with Gasteiger partial charge in [-0.2, -0.15) is 10.2 Å². The molecule has 0 aliphatic rings. The number of nitrogens with zero attached hydrogens (tertiary/aromatic N) is 6. The lowest BCUT2D eigenvalue weighted by Gasteiger charge is -2.08. The Morgan fingerprint density at radius 1 is 1.16 bits per heavy atom. The minimum Gasteiger partial charge on any atom is -0.423 e. The van der Waals surface area contributed by atoms with Crippen LogP contribution in [0.3, 0.4) is 0 Å². The first-order valence-electron chi connectivity index (χ1n) is 7.63. The van der Waals surface area contributed by atoms with E-state index in [9.17, 15) is 4.79 Å². The van der Waals surface area contributed by atoms with Gasteiger partial charge in [-0.3, -0.25) is 9.48 Å². The molecule has 0 fully saturated rings. The predicted octanol–water partition coefficient (Wildman–Crippen LogP) is 1.61. The molecule has 0 N–H and O–H groups in total. The van der Waals surface area contributed by atoms with Gasteiger partial charge in [0.25, 0.3) is 5.89 Å². The van der Waals surface area contributed by atoms with Gasteiger partial charge in [-0.05, 0) is 5.56 Å². The van der Waals surface area contributed by atoms with Gasteiger partial charge in [-0.15, -0.1) is 10.2 Å². The fourth-order valence-corrected chi connectivity index (χ4v) is 2.55. The molecule has 0 aliphatic carbocycles. The van der Waals surface area contributed by atoms with E-state index in [1.54, 1.807) is 28.0 Å². The van der Waals surface area contributed by atoms with Crippen LogP contribution < -0.4 is 5.43 Å². The Kier molecular flexibility index (Phi) is 3.70. The van der Waals surface area contributed by atoms with E-state index < -0.39 is 0 Å². The van der Waals surface area contributed by atoms with Crippen LogP contribution in [0.25, 0.3) is 17.1 Å². The van der Waals surface area contributed by atoms with Crippen molar-refractivity contribution in [1.82, 2.24) is 29.8 Å². The summed E-state index contributed by atoms with van der Waals surface area (Å²) in [4.78, 5) is 12.8. The van der Waals surface area contributed by atoms with Crippen molar-refractivity contribution in [3.8, 4) is 17.1 Å². The number of aryl methyl sites for hydroxylation is 1. The van der Waals surface area contributed by atoms with Crippen LogP contribution in [0.1, 0.15) is 11.3 Å². The van der Waals surface area contributed by atoms with E-state index in [2.05, 4.69) is 20.4 Å². The van der Waals surface area contributed by atoms with Gasteiger partial charge in [0.05, 0.1) is 12.4 Å². The quantitative estimate of drug-likeness (QED) is 0.563. The summed E-state index contributed by atoms with van der Waals surface area (Å²) in [6.45, 7) is 0. The summed E-state index contributed by atoms with van der Waals surface area (Å²) < 4.78 is 8.49. The first-order chi connectivity index (χ1) is 12.2. The van der Waals surface area contributed by atoms with Gasteiger partial charge < -0.3 is 4.42 Å². The van der Waals surface area contributed by atoms with Crippen LogP contribution in [-0.4, -0.2) is 29.8 Å². The monoisotopic (exact) mass is 334 g/mol. The van der Waals surface area contributed by atoms with Crippen molar-refractivity contribution in [2.45, 2.75) is 6.42 Å². The molecule has 8 heteroatoms. The molecule has 0 radical (unpaired) electrons. The molecule has 0 aliphatic heterocycles. The molecule has 1 aromatic carbocycles. The summed E-state index contributed by atoms with van der Waals surface area (Å²) in [6.07, 6.45) is 6.66. The third-order valence-corrected chi connectivity index (χ3v) is 3.75. The molecule has 4 rings (SSSR count). The zero-order valence-electron chi connectivity index (χ0n) is 13.4. The molecule has 8 nitrogen and oxygen atoms in total. The van der Waals surface area contributed by atoms with Crippen LogP contribution >= 0.6 is 0 Å². The minimum absolute atomic E-state index is 0.166. The topological polar surface area (TPSA) is 91.6 Å². The number of hydrogen-bond acceptors (Lipinski definition) is 6. The summed E-state index contributed by atoms with van der Waals surface area (Å²) in [5, 5.41) is 16.1. The molecular weight excluding hydrogens is 320 g/mol. The summed E-state index contributed by atoms with van der Waals surface area (Å²) in [6, 6.07) is 9.69. The lowest BCUT2D eigenvalue weighted by atomic mass is 10.1. The van der Waals surface area contributed by atoms with E-state index in [1.807, 2.05) is 37.4 Å². The highest BCUT2D eigenvalue weighted by molar-refractivity contribution is 5.52. The zero-order valence-corrected chi connectivity index (χ0v) is 13.4. The second-order valence-electron chi connectivity index (χ2n) is 5.54. The van der Waals surface area contributed by atoms with E-state index in [0.717, 1.165) is 11.3 Å². The molecule has 0 atom stereocenters. The van der Waals surface area contributed by atoms with Crippen molar-refractivity contribution in [3.63, 3.8) is 0 Å². The first kappa shape index (κ1) is 15.0. The average Bonchev–Trinajstić information content (AvgIpc) is 3.29. The van der Waals surface area contributed by atoms with Crippen LogP contribution in [0.15, 0.2) is 64.5 Å². The Morgan fingerprint density at radius 3 is 2.68 bits per heavy atom. The van der Waals surface area contributed by atoms with Gasteiger partial charge in [0.2, 0.25) is 11.8 Å². The van der Waals surface area contributed by atoms with E-state index in [0.29, 0.717) is 17.7 Å². The average molecular weight is 334 g/mol. The smallest absolute Gasteiger partial charge is 0.253 e. The standard InChI is InChI=1S/C17H14N6O2/c1-22-9-13(8-19-22)23-10-14(17-20-18-11-25-17)16(24)15(21-23)7-12-5-3-2-4-6-12/h2-6,8-11H,7H2,1H3. The highest BCUT2D eigenvalue weighted by atomic mass is 16.4. The Morgan fingerprint density at radius 2 is 2.00 bits per heavy atom. The highest BCUT2D eigenvalue weighted by Gasteiger charge is 2.16. The van der Waals surface area contributed by atoms with E-state index in [1.165, 1.54) is 6.39 Å². The molecule has 124 valence electrons. The maximum absolute atomic E-state index is 12.8. The van der Waals surface area contributed by atoms with Crippen LogP contribution in [0.4, 0.5) is 0 Å². The molecule has 0 spiro atoms. The van der Waals surface area contributed by atoms with Crippen molar-refractivity contribution < 1.29 is 4.42 Å². The molecule has 0 saturated heterocycles. The summed E-state index contributed by atoms with van der Waals surface area (Å²) in [5.74, 6) is 0.166. The summed E-state index contributed by atoms with van der Waals surface area (Å²) >= 11 is 0. The SMILES string of the molecule is Cn1cc(-n2cc(-c3nnco3)c(=O)c(Cc3ccccc3)n2)cn1. The Labute approximate surface area is 142 Å². The second-order valence-corrected chi connectivity index (χ2v) is 5.54. The van der Waals surface area contributed by atoms with Crippen molar-refractivity contribution in [3.05, 3.63) is 76.8 Å². The largest absolute Gasteiger partial charge is 0.423 e. The first-order valence-corrected chi connectivity index (χ1v) is 7.63. The third-order valence-electron chi connectivity index (χ3n) is 3.75. The normalized spacial score (nSPS) is 10.9. The van der Waals surface area contributed by atoms with Crippen molar-refractivity contribution in [1.29, 1.82) is 0 Å². The molecular formula is C17H14N6O2. The van der Waals surface area contributed by atoms with Gasteiger partial charge >= 0.3 is 0 Å². The van der Waals surface area contributed by atoms with Gasteiger partial charge in [0.1, 0.15) is 16.9 Å². The Hall–Kier alpha value is -3.55. The van der Waals surface area contributed by atoms with E-state index >= 15 is 0 Å². The number of benzene rings is 1. The molecule has 3 heterocycles. The van der Waals surface area contributed by atoms with Gasteiger partial charge in [0, 0.05) is 19.7 Å². The zero-order chi connectivity index (χ0) is 17.2. The van der Waals surface area contributed by atoms with Crippen molar-refractivity contribution in [2.75, 3.05) is 0 Å². The van der Waals surface area contributed by atoms with Crippen molar-refractivity contribution in [2.24, 2.45) is 7.05 Å². The lowest BCUT2D eigenvalue weighted by Crippen LogP contribution is -2.19. The molecule has 0 amide bonds. The molecule has 0 saturated carbocycles. The molecule has 25 heavy (non-hydrogen) atoms. The molecule has 3 aromatic heterocycles. The van der Waals surface area contributed by atoms with Gasteiger partial charge in [0.15, 0.2) is 0 Å². The van der Waals surface area contributed by atoms with Gasteiger partial charge in [-0.25, -0.2) is 4.68 Å².